The number of para-hydroxylation sites is 1. The maximum absolute atomic E-state index is 12.8. The number of benzene rings is 1. The number of piperidine rings is 1. The zero-order valence-corrected chi connectivity index (χ0v) is 16.0. The molecular weight excluding hydrogens is 356 g/mol. The molecule has 2 aliphatic rings. The van der Waals surface area contributed by atoms with Crippen LogP contribution in [0, 0.1) is 0 Å². The lowest BCUT2D eigenvalue weighted by Gasteiger charge is -2.47. The Morgan fingerprint density at radius 1 is 1.14 bits per heavy atom. The molecule has 0 atom stereocenters. The average Bonchev–Trinajstić information content (AvgIpc) is 2.72. The lowest BCUT2D eigenvalue weighted by atomic mass is 9.89. The highest BCUT2D eigenvalue weighted by Gasteiger charge is 2.40. The molecule has 1 amide bonds. The van der Waals surface area contributed by atoms with Crippen LogP contribution < -0.4 is 0 Å². The van der Waals surface area contributed by atoms with Crippen LogP contribution in [-0.4, -0.2) is 69.2 Å². The number of ether oxygens (including phenoxy) is 1. The number of amides is 1. The van der Waals surface area contributed by atoms with Crippen LogP contribution in [0.25, 0.3) is 0 Å². The van der Waals surface area contributed by atoms with Crippen molar-refractivity contribution in [3.8, 4) is 5.75 Å². The zero-order chi connectivity index (χ0) is 19.4. The monoisotopic (exact) mass is 382 g/mol. The second kappa shape index (κ2) is 8.24. The molecule has 148 valence electrons. The van der Waals surface area contributed by atoms with Gasteiger partial charge >= 0.3 is 0 Å². The van der Waals surface area contributed by atoms with Gasteiger partial charge in [0.1, 0.15) is 12.1 Å². The number of likely N-dealkylation sites (tertiary alicyclic amines) is 1. The van der Waals surface area contributed by atoms with Crippen molar-refractivity contribution in [2.45, 2.75) is 31.4 Å². The SMILES string of the molecule is O=C(Cc1ccccc1O)N1CCOC2(CCN(Cc3cncnc3)CC2)C1. The number of morpholine rings is 1. The van der Waals surface area contributed by atoms with E-state index in [2.05, 4.69) is 14.9 Å². The van der Waals surface area contributed by atoms with Gasteiger partial charge in [0.2, 0.25) is 5.91 Å². The number of aromatic hydroxyl groups is 1. The first-order chi connectivity index (χ1) is 13.6. The number of phenols is 1. The van der Waals surface area contributed by atoms with Crippen molar-refractivity contribution in [2.75, 3.05) is 32.8 Å². The molecule has 0 saturated carbocycles. The van der Waals surface area contributed by atoms with E-state index in [9.17, 15) is 9.90 Å². The van der Waals surface area contributed by atoms with E-state index in [1.807, 2.05) is 23.4 Å². The fraction of sp³-hybridized carbons (Fsp3) is 0.476. The molecule has 0 radical (unpaired) electrons. The zero-order valence-electron chi connectivity index (χ0n) is 16.0. The van der Waals surface area contributed by atoms with Crippen molar-refractivity contribution in [3.63, 3.8) is 0 Å². The van der Waals surface area contributed by atoms with E-state index >= 15 is 0 Å². The average molecular weight is 382 g/mol. The molecule has 0 unspecified atom stereocenters. The minimum absolute atomic E-state index is 0.0491. The van der Waals surface area contributed by atoms with E-state index < -0.39 is 0 Å². The molecule has 1 aromatic carbocycles. The normalized spacial score (nSPS) is 19.6. The lowest BCUT2D eigenvalue weighted by molar-refractivity contribution is -0.159. The molecule has 1 aromatic heterocycles. The van der Waals surface area contributed by atoms with Crippen LogP contribution in [0.5, 0.6) is 5.75 Å². The summed E-state index contributed by atoms with van der Waals surface area (Å²) in [5.74, 6) is 0.227. The number of phenolic OH excluding ortho intramolecular Hbond substituents is 1. The number of carbonyl (C=O) groups is 1. The highest BCUT2D eigenvalue weighted by atomic mass is 16.5. The van der Waals surface area contributed by atoms with Gasteiger partial charge in [0, 0.05) is 56.2 Å². The molecule has 4 rings (SSSR count). The summed E-state index contributed by atoms with van der Waals surface area (Å²) in [4.78, 5) is 25.2. The van der Waals surface area contributed by atoms with Crippen LogP contribution in [0.3, 0.4) is 0 Å². The fourth-order valence-corrected chi connectivity index (χ4v) is 4.08. The number of hydrogen-bond donors (Lipinski definition) is 1. The summed E-state index contributed by atoms with van der Waals surface area (Å²) in [5, 5.41) is 9.94. The quantitative estimate of drug-likeness (QED) is 0.866. The Kier molecular flexibility index (Phi) is 5.54. The van der Waals surface area contributed by atoms with Gasteiger partial charge in [-0.25, -0.2) is 9.97 Å². The molecule has 7 heteroatoms. The highest BCUT2D eigenvalue weighted by molar-refractivity contribution is 5.79. The van der Waals surface area contributed by atoms with Crippen LogP contribution in [-0.2, 0) is 22.5 Å². The Morgan fingerprint density at radius 3 is 2.64 bits per heavy atom. The van der Waals surface area contributed by atoms with Gasteiger partial charge < -0.3 is 14.7 Å². The fourth-order valence-electron chi connectivity index (χ4n) is 4.08. The largest absolute Gasteiger partial charge is 0.508 e. The van der Waals surface area contributed by atoms with Crippen molar-refractivity contribution < 1.29 is 14.6 Å². The predicted octanol–water partition coefficient (Wildman–Crippen LogP) is 1.62. The van der Waals surface area contributed by atoms with E-state index in [1.54, 1.807) is 24.5 Å². The van der Waals surface area contributed by atoms with Crippen LogP contribution in [0.2, 0.25) is 0 Å². The molecule has 2 fully saturated rings. The standard InChI is InChI=1S/C21H26N4O3/c26-19-4-2-1-3-18(19)11-20(27)25-9-10-28-21(15-25)5-7-24(8-6-21)14-17-12-22-16-23-13-17/h1-4,12-13,16,26H,5-11,14-15H2. The lowest BCUT2D eigenvalue weighted by Crippen LogP contribution is -2.58. The molecule has 2 aliphatic heterocycles. The maximum atomic E-state index is 12.8. The molecule has 0 aliphatic carbocycles. The molecule has 0 bridgehead atoms. The van der Waals surface area contributed by atoms with E-state index in [-0.39, 0.29) is 23.7 Å². The highest BCUT2D eigenvalue weighted by Crippen LogP contribution is 2.31. The Hall–Kier alpha value is -2.51. The van der Waals surface area contributed by atoms with Crippen LogP contribution >= 0.6 is 0 Å². The summed E-state index contributed by atoms with van der Waals surface area (Å²) >= 11 is 0. The number of hydrogen-bond acceptors (Lipinski definition) is 6. The van der Waals surface area contributed by atoms with Gasteiger partial charge in [0.05, 0.1) is 18.6 Å². The van der Waals surface area contributed by atoms with E-state index in [4.69, 9.17) is 4.74 Å². The Labute approximate surface area is 165 Å². The van der Waals surface area contributed by atoms with Crippen molar-refractivity contribution in [3.05, 3.63) is 54.1 Å². The van der Waals surface area contributed by atoms with E-state index in [1.165, 1.54) is 0 Å². The van der Waals surface area contributed by atoms with Gasteiger partial charge in [-0.3, -0.25) is 9.69 Å². The van der Waals surface area contributed by atoms with Crippen molar-refractivity contribution in [1.82, 2.24) is 19.8 Å². The minimum atomic E-state index is -0.254. The molecule has 1 N–H and O–H groups in total. The van der Waals surface area contributed by atoms with Gasteiger partial charge in [-0.15, -0.1) is 0 Å². The van der Waals surface area contributed by atoms with Gasteiger partial charge in [-0.2, -0.15) is 0 Å². The third kappa shape index (κ3) is 4.31. The first-order valence-electron chi connectivity index (χ1n) is 9.78. The van der Waals surface area contributed by atoms with Crippen LogP contribution in [0.1, 0.15) is 24.0 Å². The third-order valence-corrected chi connectivity index (χ3v) is 5.72. The molecular formula is C21H26N4O3. The third-order valence-electron chi connectivity index (χ3n) is 5.72. The number of carbonyl (C=O) groups excluding carboxylic acids is 1. The maximum Gasteiger partial charge on any atom is 0.227 e. The van der Waals surface area contributed by atoms with Gasteiger partial charge in [-0.05, 0) is 18.9 Å². The summed E-state index contributed by atoms with van der Waals surface area (Å²) in [6.07, 6.45) is 7.29. The van der Waals surface area contributed by atoms with Gasteiger partial charge in [0.15, 0.2) is 0 Å². The second-order valence-corrected chi connectivity index (χ2v) is 7.68. The minimum Gasteiger partial charge on any atom is -0.508 e. The predicted molar refractivity (Wildman–Crippen MR) is 104 cm³/mol. The summed E-state index contributed by atoms with van der Waals surface area (Å²) in [6.45, 7) is 4.50. The molecule has 28 heavy (non-hydrogen) atoms. The van der Waals surface area contributed by atoms with Crippen LogP contribution in [0.4, 0.5) is 0 Å². The van der Waals surface area contributed by atoms with Crippen molar-refractivity contribution in [1.29, 1.82) is 0 Å². The molecule has 2 aromatic rings. The van der Waals surface area contributed by atoms with Gasteiger partial charge in [0.25, 0.3) is 0 Å². The summed E-state index contributed by atoms with van der Waals surface area (Å²) in [5.41, 5.74) is 1.53. The summed E-state index contributed by atoms with van der Waals surface area (Å²) < 4.78 is 6.16. The Morgan fingerprint density at radius 2 is 1.89 bits per heavy atom. The molecule has 2 saturated heterocycles. The number of nitrogens with zero attached hydrogens (tertiary/aromatic N) is 4. The summed E-state index contributed by atoms with van der Waals surface area (Å²) in [6, 6.07) is 7.03. The first kappa shape index (κ1) is 18.8. The van der Waals surface area contributed by atoms with Crippen molar-refractivity contribution in [2.24, 2.45) is 0 Å². The smallest absolute Gasteiger partial charge is 0.227 e. The summed E-state index contributed by atoms with van der Waals surface area (Å²) in [7, 11) is 0. The Balaban J connectivity index is 1.33. The molecule has 3 heterocycles. The Bertz CT molecular complexity index is 806. The van der Waals surface area contributed by atoms with E-state index in [0.29, 0.717) is 25.3 Å². The van der Waals surface area contributed by atoms with Gasteiger partial charge in [-0.1, -0.05) is 18.2 Å². The first-order valence-corrected chi connectivity index (χ1v) is 9.78. The molecule has 7 nitrogen and oxygen atoms in total. The van der Waals surface area contributed by atoms with Crippen LogP contribution in [0.15, 0.2) is 43.0 Å². The molecule has 1 spiro atoms. The topological polar surface area (TPSA) is 78.8 Å². The van der Waals surface area contributed by atoms with Crippen molar-refractivity contribution >= 4 is 5.91 Å². The van der Waals surface area contributed by atoms with E-state index in [0.717, 1.165) is 38.0 Å². The second-order valence-electron chi connectivity index (χ2n) is 7.68. The number of aromatic nitrogens is 2. The number of rotatable bonds is 4.